The van der Waals surface area contributed by atoms with Gasteiger partial charge in [-0.15, -0.1) is 0 Å². The number of carbonyl (C=O) groups is 2. The quantitative estimate of drug-likeness (QED) is 0.624. The minimum Gasteiger partial charge on any atom is -0.452 e. The molecule has 110 valence electrons. The fourth-order valence-corrected chi connectivity index (χ4v) is 1.87. The molecule has 0 aliphatic carbocycles. The first-order valence-electron chi connectivity index (χ1n) is 6.45. The van der Waals surface area contributed by atoms with Gasteiger partial charge >= 0.3 is 5.97 Å². The number of anilines is 1. The number of esters is 1. The number of rotatable bonds is 6. The maximum atomic E-state index is 11.7. The molecule has 1 rings (SSSR count). The summed E-state index contributed by atoms with van der Waals surface area (Å²) in [6.45, 7) is 3.63. The highest BCUT2D eigenvalue weighted by Gasteiger charge is 2.12. The van der Waals surface area contributed by atoms with E-state index in [1.54, 1.807) is 0 Å². The molecule has 0 bridgehead atoms. The summed E-state index contributed by atoms with van der Waals surface area (Å²) >= 11 is 5.81. The van der Waals surface area contributed by atoms with Gasteiger partial charge in [0.2, 0.25) is 0 Å². The monoisotopic (exact) mass is 298 g/mol. The number of carbonyl (C=O) groups excluding carboxylic acids is 2. The Hall–Kier alpha value is -1.75. The number of halogens is 1. The number of hydrogen-bond acceptors (Lipinski definition) is 4. The zero-order chi connectivity index (χ0) is 15.1. The second kappa shape index (κ2) is 7.75. The van der Waals surface area contributed by atoms with E-state index in [-0.39, 0.29) is 29.1 Å². The van der Waals surface area contributed by atoms with Crippen molar-refractivity contribution in [2.75, 3.05) is 12.3 Å². The lowest BCUT2D eigenvalue weighted by atomic mass is 10.2. The summed E-state index contributed by atoms with van der Waals surface area (Å²) in [5, 5.41) is 3.02. The van der Waals surface area contributed by atoms with Crippen LogP contribution >= 0.6 is 11.6 Å². The van der Waals surface area contributed by atoms with E-state index < -0.39 is 5.97 Å². The van der Waals surface area contributed by atoms with E-state index in [1.165, 1.54) is 18.2 Å². The summed E-state index contributed by atoms with van der Waals surface area (Å²) in [7, 11) is 0. The lowest BCUT2D eigenvalue weighted by molar-refractivity contribution is -0.124. The smallest absolute Gasteiger partial charge is 0.338 e. The average molecular weight is 299 g/mol. The van der Waals surface area contributed by atoms with Crippen LogP contribution in [0, 0.1) is 0 Å². The Balaban J connectivity index is 2.46. The van der Waals surface area contributed by atoms with Crippen LogP contribution in [0.5, 0.6) is 0 Å². The lowest BCUT2D eigenvalue weighted by Crippen LogP contribution is -2.35. The van der Waals surface area contributed by atoms with Crippen molar-refractivity contribution in [1.29, 1.82) is 0 Å². The molecule has 0 aromatic heterocycles. The highest BCUT2D eigenvalue weighted by molar-refractivity contribution is 6.33. The van der Waals surface area contributed by atoms with Gasteiger partial charge < -0.3 is 15.8 Å². The van der Waals surface area contributed by atoms with Crippen molar-refractivity contribution in [3.05, 3.63) is 28.8 Å². The molecule has 0 aliphatic rings. The number of nitrogens with two attached hydrogens (primary N) is 1. The van der Waals surface area contributed by atoms with Crippen LogP contribution in [0.1, 0.15) is 37.0 Å². The SMILES string of the molecule is CCCC(C)NC(=O)COC(=O)c1ccc(N)c(Cl)c1. The van der Waals surface area contributed by atoms with Crippen LogP contribution in [0.2, 0.25) is 5.02 Å². The van der Waals surface area contributed by atoms with E-state index in [9.17, 15) is 9.59 Å². The molecule has 1 aromatic carbocycles. The molecule has 0 aliphatic heterocycles. The third-order valence-electron chi connectivity index (χ3n) is 2.70. The van der Waals surface area contributed by atoms with E-state index in [0.717, 1.165) is 12.8 Å². The molecule has 1 atom stereocenters. The summed E-state index contributed by atoms with van der Waals surface area (Å²) in [4.78, 5) is 23.3. The van der Waals surface area contributed by atoms with Crippen molar-refractivity contribution >= 4 is 29.2 Å². The van der Waals surface area contributed by atoms with Gasteiger partial charge in [-0.2, -0.15) is 0 Å². The summed E-state index contributed by atoms with van der Waals surface area (Å²) < 4.78 is 4.91. The molecular formula is C14H19ClN2O3. The summed E-state index contributed by atoms with van der Waals surface area (Å²) in [6.07, 6.45) is 1.86. The second-order valence-electron chi connectivity index (χ2n) is 4.57. The number of benzene rings is 1. The number of nitrogen functional groups attached to an aromatic ring is 1. The van der Waals surface area contributed by atoms with Crippen molar-refractivity contribution in [2.24, 2.45) is 0 Å². The van der Waals surface area contributed by atoms with Crippen LogP contribution < -0.4 is 11.1 Å². The maximum Gasteiger partial charge on any atom is 0.338 e. The topological polar surface area (TPSA) is 81.4 Å². The molecule has 1 aromatic rings. The van der Waals surface area contributed by atoms with Crippen LogP contribution in [0.25, 0.3) is 0 Å². The van der Waals surface area contributed by atoms with Crippen LogP contribution in [0.4, 0.5) is 5.69 Å². The van der Waals surface area contributed by atoms with Gasteiger partial charge in [0.15, 0.2) is 6.61 Å². The first-order valence-corrected chi connectivity index (χ1v) is 6.83. The fourth-order valence-electron chi connectivity index (χ4n) is 1.69. The highest BCUT2D eigenvalue weighted by Crippen LogP contribution is 2.20. The minimum atomic E-state index is -0.606. The molecule has 0 saturated carbocycles. The van der Waals surface area contributed by atoms with Crippen LogP contribution in [-0.2, 0) is 9.53 Å². The standard InChI is InChI=1S/C14H19ClN2O3/c1-3-4-9(2)17-13(18)8-20-14(19)10-5-6-12(16)11(15)7-10/h5-7,9H,3-4,8,16H2,1-2H3,(H,17,18). The van der Waals surface area contributed by atoms with Gasteiger partial charge in [0.1, 0.15) is 0 Å². The zero-order valence-corrected chi connectivity index (χ0v) is 12.4. The van der Waals surface area contributed by atoms with Crippen molar-refractivity contribution in [2.45, 2.75) is 32.7 Å². The average Bonchev–Trinajstić information content (AvgIpc) is 2.39. The van der Waals surface area contributed by atoms with Crippen molar-refractivity contribution in [1.82, 2.24) is 5.32 Å². The number of ether oxygens (including phenoxy) is 1. The Morgan fingerprint density at radius 3 is 2.75 bits per heavy atom. The molecule has 6 heteroatoms. The van der Waals surface area contributed by atoms with Crippen molar-refractivity contribution in [3.8, 4) is 0 Å². The Kier molecular flexibility index (Phi) is 6.31. The normalized spacial score (nSPS) is 11.8. The summed E-state index contributed by atoms with van der Waals surface area (Å²) in [5.41, 5.74) is 6.19. The van der Waals surface area contributed by atoms with E-state index in [0.29, 0.717) is 5.69 Å². The predicted molar refractivity (Wildman–Crippen MR) is 78.7 cm³/mol. The van der Waals surface area contributed by atoms with Gasteiger partial charge in [-0.05, 0) is 31.5 Å². The predicted octanol–water partition coefficient (Wildman–Crippen LogP) is 2.38. The maximum absolute atomic E-state index is 11.7. The largest absolute Gasteiger partial charge is 0.452 e. The van der Waals surface area contributed by atoms with Crippen LogP contribution in [0.15, 0.2) is 18.2 Å². The molecule has 3 N–H and O–H groups in total. The second-order valence-corrected chi connectivity index (χ2v) is 4.98. The third kappa shape index (κ3) is 5.09. The van der Waals surface area contributed by atoms with E-state index in [4.69, 9.17) is 22.1 Å². The van der Waals surface area contributed by atoms with E-state index in [2.05, 4.69) is 5.32 Å². The van der Waals surface area contributed by atoms with E-state index >= 15 is 0 Å². The van der Waals surface area contributed by atoms with Gasteiger partial charge in [-0.3, -0.25) is 4.79 Å². The van der Waals surface area contributed by atoms with Gasteiger partial charge in [-0.25, -0.2) is 4.79 Å². The first kappa shape index (κ1) is 16.3. The molecular weight excluding hydrogens is 280 g/mol. The van der Waals surface area contributed by atoms with Crippen LogP contribution in [0.3, 0.4) is 0 Å². The number of nitrogens with one attached hydrogen (secondary N) is 1. The minimum absolute atomic E-state index is 0.0668. The Bertz CT molecular complexity index is 491. The molecule has 0 spiro atoms. The number of amides is 1. The van der Waals surface area contributed by atoms with Crippen molar-refractivity contribution < 1.29 is 14.3 Å². The van der Waals surface area contributed by atoms with Gasteiger partial charge in [0, 0.05) is 6.04 Å². The molecule has 0 saturated heterocycles. The fraction of sp³-hybridized carbons (Fsp3) is 0.429. The van der Waals surface area contributed by atoms with Crippen LogP contribution in [-0.4, -0.2) is 24.5 Å². The van der Waals surface area contributed by atoms with Crippen molar-refractivity contribution in [3.63, 3.8) is 0 Å². The Morgan fingerprint density at radius 1 is 1.45 bits per heavy atom. The summed E-state index contributed by atoms with van der Waals surface area (Å²) in [5.74, 6) is -0.925. The summed E-state index contributed by atoms with van der Waals surface area (Å²) in [6, 6.07) is 4.50. The van der Waals surface area contributed by atoms with E-state index in [1.807, 2.05) is 13.8 Å². The third-order valence-corrected chi connectivity index (χ3v) is 3.03. The lowest BCUT2D eigenvalue weighted by Gasteiger charge is -2.12. The van der Waals surface area contributed by atoms with Gasteiger partial charge in [-0.1, -0.05) is 24.9 Å². The highest BCUT2D eigenvalue weighted by atomic mass is 35.5. The molecule has 1 unspecified atom stereocenters. The molecule has 0 radical (unpaired) electrons. The Morgan fingerprint density at radius 2 is 2.15 bits per heavy atom. The Labute approximate surface area is 123 Å². The molecule has 0 heterocycles. The molecule has 20 heavy (non-hydrogen) atoms. The zero-order valence-electron chi connectivity index (χ0n) is 11.6. The molecule has 1 amide bonds. The molecule has 5 nitrogen and oxygen atoms in total. The molecule has 0 fully saturated rings. The number of hydrogen-bond donors (Lipinski definition) is 2. The van der Waals surface area contributed by atoms with Gasteiger partial charge in [0.05, 0.1) is 16.3 Å². The first-order chi connectivity index (χ1) is 9.43. The van der Waals surface area contributed by atoms with Gasteiger partial charge in [0.25, 0.3) is 5.91 Å².